The highest BCUT2D eigenvalue weighted by atomic mass is 35.5. The molecule has 11 heteroatoms. The fraction of sp³-hybridized carbons (Fsp3) is 0.636. The molecule has 1 aromatic carbocycles. The van der Waals surface area contributed by atoms with Crippen LogP contribution in [-0.4, -0.2) is 65.6 Å². The molecule has 0 aromatic heterocycles. The third-order valence-corrected chi connectivity index (χ3v) is 6.38. The van der Waals surface area contributed by atoms with E-state index in [1.165, 1.54) is 17.0 Å². The summed E-state index contributed by atoms with van der Waals surface area (Å²) in [5.74, 6) is -1.09. The van der Waals surface area contributed by atoms with E-state index in [4.69, 9.17) is 5.73 Å². The van der Waals surface area contributed by atoms with E-state index in [1.807, 2.05) is 0 Å². The van der Waals surface area contributed by atoms with Gasteiger partial charge in [-0.15, -0.1) is 12.4 Å². The second kappa shape index (κ2) is 10.6. The number of carbonyl (C=O) groups is 2. The van der Waals surface area contributed by atoms with Gasteiger partial charge in [-0.2, -0.15) is 13.2 Å². The molecule has 2 heterocycles. The van der Waals surface area contributed by atoms with Crippen molar-refractivity contribution in [3.63, 3.8) is 0 Å². The number of benzene rings is 1. The summed E-state index contributed by atoms with van der Waals surface area (Å²) in [7, 11) is 0. The molecule has 3 atom stereocenters. The van der Waals surface area contributed by atoms with Crippen molar-refractivity contribution < 1.29 is 27.2 Å². The third kappa shape index (κ3) is 6.36. The molecular formula is C22H31ClF4N4O2. The molecule has 3 N–H and O–H groups in total. The first-order valence-electron chi connectivity index (χ1n) is 10.8. The normalized spacial score (nSPS) is 24.5. The fourth-order valence-corrected chi connectivity index (χ4v) is 4.43. The lowest BCUT2D eigenvalue weighted by molar-refractivity contribution is -0.217. The van der Waals surface area contributed by atoms with Gasteiger partial charge in [-0.05, 0) is 50.8 Å². The van der Waals surface area contributed by atoms with Crippen molar-refractivity contribution in [1.82, 2.24) is 15.1 Å². The molecule has 186 valence electrons. The van der Waals surface area contributed by atoms with Gasteiger partial charge in [0.05, 0.1) is 11.5 Å². The summed E-state index contributed by atoms with van der Waals surface area (Å²) in [5, 5.41) is 2.79. The summed E-state index contributed by atoms with van der Waals surface area (Å²) >= 11 is 0. The van der Waals surface area contributed by atoms with Crippen LogP contribution in [0.4, 0.5) is 17.6 Å². The van der Waals surface area contributed by atoms with Gasteiger partial charge in [-0.1, -0.05) is 12.1 Å². The average Bonchev–Trinajstić information content (AvgIpc) is 3.12. The maximum absolute atomic E-state index is 13.3. The Bertz CT molecular complexity index is 835. The zero-order valence-corrected chi connectivity index (χ0v) is 19.5. The largest absolute Gasteiger partial charge is 0.395 e. The molecule has 3 rings (SSSR count). The number of nitrogens with two attached hydrogens (primary N) is 1. The first-order valence-corrected chi connectivity index (χ1v) is 10.8. The Hall–Kier alpha value is -1.91. The standard InChI is InChI=1S/C22H30F4N4O2.ClH/c1-21(2,22(24,25)26)13-29-10-9-16-7-8-18(30(16)20(32)17(27)12-29)19(31)28-11-14-3-5-15(23)6-4-14;/h3-6,16-18H,7-13,27H2,1-2H3,(H,28,31);1H/t16-,17+,18+;/m1./s1. The number of amides is 2. The van der Waals surface area contributed by atoms with Gasteiger partial charge in [0.25, 0.3) is 0 Å². The molecule has 0 aliphatic carbocycles. The number of carbonyl (C=O) groups excluding carboxylic acids is 2. The highest BCUT2D eigenvalue weighted by Crippen LogP contribution is 2.38. The van der Waals surface area contributed by atoms with Gasteiger partial charge in [-0.3, -0.25) is 9.59 Å². The van der Waals surface area contributed by atoms with E-state index in [1.54, 1.807) is 17.0 Å². The number of rotatable bonds is 5. The van der Waals surface area contributed by atoms with Crippen LogP contribution in [0.5, 0.6) is 0 Å². The van der Waals surface area contributed by atoms with Crippen LogP contribution in [0.25, 0.3) is 0 Å². The van der Waals surface area contributed by atoms with E-state index in [2.05, 4.69) is 5.32 Å². The van der Waals surface area contributed by atoms with Crippen molar-refractivity contribution in [3.8, 4) is 0 Å². The minimum Gasteiger partial charge on any atom is -0.350 e. The summed E-state index contributed by atoms with van der Waals surface area (Å²) in [6.45, 7) is 2.61. The topological polar surface area (TPSA) is 78.7 Å². The summed E-state index contributed by atoms with van der Waals surface area (Å²) in [6, 6.07) is 3.83. The lowest BCUT2D eigenvalue weighted by Crippen LogP contribution is -2.59. The number of halogens is 5. The van der Waals surface area contributed by atoms with E-state index >= 15 is 0 Å². The monoisotopic (exact) mass is 494 g/mol. The van der Waals surface area contributed by atoms with Crippen LogP contribution >= 0.6 is 12.4 Å². The Balaban J connectivity index is 0.00000385. The van der Waals surface area contributed by atoms with Gasteiger partial charge in [0.2, 0.25) is 11.8 Å². The highest BCUT2D eigenvalue weighted by molar-refractivity contribution is 5.90. The second-order valence-electron chi connectivity index (χ2n) is 9.35. The van der Waals surface area contributed by atoms with Crippen LogP contribution in [0.3, 0.4) is 0 Å². The lowest BCUT2D eigenvalue weighted by atomic mass is 9.91. The molecule has 6 nitrogen and oxygen atoms in total. The number of alkyl halides is 3. The molecule has 2 saturated heterocycles. The Morgan fingerprint density at radius 1 is 1.15 bits per heavy atom. The molecule has 1 aromatic rings. The molecule has 0 spiro atoms. The quantitative estimate of drug-likeness (QED) is 0.617. The molecular weight excluding hydrogens is 464 g/mol. The van der Waals surface area contributed by atoms with E-state index in [9.17, 15) is 27.2 Å². The first kappa shape index (κ1) is 27.3. The van der Waals surface area contributed by atoms with Crippen LogP contribution in [-0.2, 0) is 16.1 Å². The first-order chi connectivity index (χ1) is 14.9. The number of nitrogens with one attached hydrogen (secondary N) is 1. The van der Waals surface area contributed by atoms with Crippen LogP contribution < -0.4 is 11.1 Å². The van der Waals surface area contributed by atoms with Gasteiger partial charge in [0.15, 0.2) is 0 Å². The highest BCUT2D eigenvalue weighted by Gasteiger charge is 2.49. The van der Waals surface area contributed by atoms with Gasteiger partial charge < -0.3 is 20.9 Å². The molecule has 0 radical (unpaired) electrons. The predicted molar refractivity (Wildman–Crippen MR) is 118 cm³/mol. The average molecular weight is 495 g/mol. The molecule has 33 heavy (non-hydrogen) atoms. The molecule has 0 unspecified atom stereocenters. The number of fused-ring (bicyclic) bond motifs is 1. The van der Waals surface area contributed by atoms with Crippen LogP contribution in [0.15, 0.2) is 24.3 Å². The third-order valence-electron chi connectivity index (χ3n) is 6.38. The Labute approximate surface area is 197 Å². The number of nitrogens with zero attached hydrogens (tertiary/aromatic N) is 2. The van der Waals surface area contributed by atoms with Gasteiger partial charge in [0.1, 0.15) is 11.9 Å². The summed E-state index contributed by atoms with van der Waals surface area (Å²) in [4.78, 5) is 29.0. The Morgan fingerprint density at radius 2 is 1.79 bits per heavy atom. The smallest absolute Gasteiger partial charge is 0.350 e. The molecule has 2 aliphatic heterocycles. The van der Waals surface area contributed by atoms with Crippen molar-refractivity contribution in [3.05, 3.63) is 35.6 Å². The van der Waals surface area contributed by atoms with Crippen molar-refractivity contribution in [2.45, 2.75) is 64.0 Å². The van der Waals surface area contributed by atoms with Crippen molar-refractivity contribution in [2.24, 2.45) is 11.1 Å². The lowest BCUT2D eigenvalue weighted by Gasteiger charge is -2.40. The maximum atomic E-state index is 13.3. The summed E-state index contributed by atoms with van der Waals surface area (Å²) < 4.78 is 53.0. The van der Waals surface area contributed by atoms with E-state index < -0.39 is 29.6 Å². The number of hydrogen-bond donors (Lipinski definition) is 2. The Morgan fingerprint density at radius 3 is 2.39 bits per heavy atom. The predicted octanol–water partition coefficient (Wildman–Crippen LogP) is 2.84. The SMILES string of the molecule is CC(C)(CN1CC[C@H]2CC[C@@H](C(=O)NCc3ccc(F)cc3)N2C(=O)[C@@H](N)C1)C(F)(F)F.Cl. The number of hydrogen-bond acceptors (Lipinski definition) is 4. The second-order valence-corrected chi connectivity index (χ2v) is 9.35. The van der Waals surface area contributed by atoms with Gasteiger partial charge >= 0.3 is 6.18 Å². The van der Waals surface area contributed by atoms with E-state index in [-0.39, 0.29) is 49.8 Å². The molecule has 0 bridgehead atoms. The minimum atomic E-state index is -4.36. The fourth-order valence-electron chi connectivity index (χ4n) is 4.43. The molecule has 0 saturated carbocycles. The molecule has 2 aliphatic rings. The van der Waals surface area contributed by atoms with Gasteiger partial charge in [0, 0.05) is 32.2 Å². The summed E-state index contributed by atoms with van der Waals surface area (Å²) in [5.41, 5.74) is 4.89. The van der Waals surface area contributed by atoms with Crippen molar-refractivity contribution in [1.29, 1.82) is 0 Å². The minimum absolute atomic E-state index is 0. The Kier molecular flexibility index (Phi) is 8.75. The zero-order valence-electron chi connectivity index (χ0n) is 18.7. The van der Waals surface area contributed by atoms with Gasteiger partial charge in [-0.25, -0.2) is 4.39 Å². The maximum Gasteiger partial charge on any atom is 0.395 e. The van der Waals surface area contributed by atoms with E-state index in [0.29, 0.717) is 25.8 Å². The molecule has 2 fully saturated rings. The van der Waals surface area contributed by atoms with Crippen LogP contribution in [0.2, 0.25) is 0 Å². The summed E-state index contributed by atoms with van der Waals surface area (Å²) in [6.07, 6.45) is -2.83. The van der Waals surface area contributed by atoms with Crippen molar-refractivity contribution >= 4 is 24.2 Å². The zero-order chi connectivity index (χ0) is 23.7. The van der Waals surface area contributed by atoms with Crippen LogP contribution in [0, 0.1) is 11.2 Å². The van der Waals surface area contributed by atoms with Crippen molar-refractivity contribution in [2.75, 3.05) is 19.6 Å². The molecule has 2 amide bonds. The van der Waals surface area contributed by atoms with Crippen LogP contribution in [0.1, 0.15) is 38.7 Å². The van der Waals surface area contributed by atoms with E-state index in [0.717, 1.165) is 19.4 Å².